The van der Waals surface area contributed by atoms with E-state index in [0.29, 0.717) is 0 Å². The van der Waals surface area contributed by atoms with Gasteiger partial charge >= 0.3 is 0 Å². The van der Waals surface area contributed by atoms with Crippen molar-refractivity contribution < 1.29 is 1.43 Å². The van der Waals surface area contributed by atoms with Gasteiger partial charge in [-0.3, -0.25) is 0 Å². The zero-order chi connectivity index (χ0) is 12.8. The molecule has 1 heterocycles. The van der Waals surface area contributed by atoms with Crippen molar-refractivity contribution in [3.63, 3.8) is 0 Å². The minimum Gasteiger partial charge on any atom is -0.358 e. The van der Waals surface area contributed by atoms with Crippen LogP contribution in [0.2, 0.25) is 0 Å². The second kappa shape index (κ2) is 3.63. The first-order valence-electron chi connectivity index (χ1n) is 6.32. The Morgan fingerprint density at radius 2 is 1.59 bits per heavy atom. The summed E-state index contributed by atoms with van der Waals surface area (Å²) >= 11 is 0. The maximum Gasteiger partial charge on any atom is 0.0459 e. The number of hydrogen-bond donors (Lipinski definition) is 1. The highest BCUT2D eigenvalue weighted by molar-refractivity contribution is 5.85. The smallest absolute Gasteiger partial charge is 0.0459 e. The highest BCUT2D eigenvalue weighted by Gasteiger charge is 2.21. The van der Waals surface area contributed by atoms with Crippen molar-refractivity contribution in [3.8, 4) is 0 Å². The van der Waals surface area contributed by atoms with E-state index in [2.05, 4.69) is 70.8 Å². The second-order valence-corrected chi connectivity index (χ2v) is 6.95. The van der Waals surface area contributed by atoms with E-state index in [1.807, 2.05) is 0 Å². The average molecular weight is 231 g/mol. The SMILES string of the molecule is CC(C)(C)c1cc2c(C(C)(C)C)cccc2[nH]1.[HH]. The minimum atomic E-state index is 0. The standard InChI is InChI=1S/C16H23N.H2/c1-15(2,3)12-8-7-9-13-11(12)10-14(17-13)16(4,5)6;/h7-10,17H,1-6H3;1H. The summed E-state index contributed by atoms with van der Waals surface area (Å²) in [7, 11) is 0. The second-order valence-electron chi connectivity index (χ2n) is 6.95. The lowest BCUT2D eigenvalue weighted by molar-refractivity contribution is 0.574. The summed E-state index contributed by atoms with van der Waals surface area (Å²) in [4.78, 5) is 3.55. The van der Waals surface area contributed by atoms with Gasteiger partial charge in [-0.2, -0.15) is 0 Å². The fraction of sp³-hybridized carbons (Fsp3) is 0.500. The van der Waals surface area contributed by atoms with Crippen molar-refractivity contribution in [1.29, 1.82) is 0 Å². The van der Waals surface area contributed by atoms with Gasteiger partial charge in [-0.15, -0.1) is 0 Å². The molecular weight excluding hydrogens is 206 g/mol. The van der Waals surface area contributed by atoms with Crippen LogP contribution in [0.25, 0.3) is 10.9 Å². The molecule has 1 aromatic carbocycles. The Bertz CT molecular complexity index is 538. The first-order chi connectivity index (χ1) is 7.69. The first-order valence-corrected chi connectivity index (χ1v) is 6.32. The van der Waals surface area contributed by atoms with Crippen LogP contribution in [-0.2, 0) is 10.8 Å². The molecule has 1 N–H and O–H groups in total. The molecule has 2 aromatic rings. The van der Waals surface area contributed by atoms with Crippen LogP contribution in [0.4, 0.5) is 0 Å². The van der Waals surface area contributed by atoms with Crippen molar-refractivity contribution in [3.05, 3.63) is 35.5 Å². The molecule has 0 atom stereocenters. The number of aromatic nitrogens is 1. The topological polar surface area (TPSA) is 15.8 Å². The molecule has 0 radical (unpaired) electrons. The molecule has 0 unspecified atom stereocenters. The predicted octanol–water partition coefficient (Wildman–Crippen LogP) is 5.01. The van der Waals surface area contributed by atoms with Gasteiger partial charge in [0.1, 0.15) is 0 Å². The van der Waals surface area contributed by atoms with Crippen LogP contribution in [0.3, 0.4) is 0 Å². The van der Waals surface area contributed by atoms with E-state index in [-0.39, 0.29) is 12.3 Å². The number of aromatic amines is 1. The van der Waals surface area contributed by atoms with E-state index >= 15 is 0 Å². The third-order valence-corrected chi connectivity index (χ3v) is 3.28. The van der Waals surface area contributed by atoms with Crippen LogP contribution in [0, 0.1) is 0 Å². The van der Waals surface area contributed by atoms with Crippen LogP contribution in [0.5, 0.6) is 0 Å². The third kappa shape index (κ3) is 2.24. The normalized spacial score (nSPS) is 13.3. The zero-order valence-electron chi connectivity index (χ0n) is 11.8. The number of benzene rings is 1. The van der Waals surface area contributed by atoms with E-state index in [0.717, 1.165) is 0 Å². The van der Waals surface area contributed by atoms with Crippen LogP contribution >= 0.6 is 0 Å². The molecule has 0 aliphatic rings. The summed E-state index contributed by atoms with van der Waals surface area (Å²) in [6.07, 6.45) is 0. The van der Waals surface area contributed by atoms with Crippen LogP contribution in [-0.4, -0.2) is 4.98 Å². The largest absolute Gasteiger partial charge is 0.358 e. The predicted molar refractivity (Wildman–Crippen MR) is 77.8 cm³/mol. The molecule has 1 nitrogen and oxygen atoms in total. The molecule has 0 aliphatic heterocycles. The Morgan fingerprint density at radius 3 is 2.12 bits per heavy atom. The fourth-order valence-corrected chi connectivity index (χ4v) is 2.21. The molecule has 0 bridgehead atoms. The number of nitrogens with one attached hydrogen (secondary N) is 1. The molecule has 1 heteroatoms. The summed E-state index contributed by atoms with van der Waals surface area (Å²) in [5.41, 5.74) is 4.35. The van der Waals surface area contributed by atoms with Gasteiger partial charge in [0.25, 0.3) is 0 Å². The van der Waals surface area contributed by atoms with Gasteiger partial charge in [-0.05, 0) is 23.1 Å². The Morgan fingerprint density at radius 1 is 0.941 bits per heavy atom. The van der Waals surface area contributed by atoms with Crippen molar-refractivity contribution >= 4 is 10.9 Å². The van der Waals surface area contributed by atoms with E-state index in [1.165, 1.54) is 22.2 Å². The van der Waals surface area contributed by atoms with E-state index in [9.17, 15) is 0 Å². The quantitative estimate of drug-likeness (QED) is 0.656. The van der Waals surface area contributed by atoms with Crippen LogP contribution in [0.1, 0.15) is 54.2 Å². The molecule has 94 valence electrons. The van der Waals surface area contributed by atoms with Crippen molar-refractivity contribution in [2.45, 2.75) is 52.4 Å². The molecule has 17 heavy (non-hydrogen) atoms. The molecule has 0 spiro atoms. The lowest BCUT2D eigenvalue weighted by Crippen LogP contribution is -2.11. The monoisotopic (exact) mass is 231 g/mol. The first kappa shape index (κ1) is 12.2. The highest BCUT2D eigenvalue weighted by atomic mass is 14.7. The molecule has 0 amide bonds. The van der Waals surface area contributed by atoms with E-state index in [4.69, 9.17) is 0 Å². The molecule has 0 fully saturated rings. The van der Waals surface area contributed by atoms with E-state index in [1.54, 1.807) is 0 Å². The van der Waals surface area contributed by atoms with Gasteiger partial charge in [0, 0.05) is 23.4 Å². The Balaban J connectivity index is 0.00000162. The lowest BCUT2D eigenvalue weighted by Gasteiger charge is -2.20. The van der Waals surface area contributed by atoms with Gasteiger partial charge in [0.05, 0.1) is 0 Å². The molecule has 0 aliphatic carbocycles. The Labute approximate surface area is 106 Å². The number of rotatable bonds is 0. The molecular formula is C16H25N. The number of H-pyrrole nitrogens is 1. The van der Waals surface area contributed by atoms with Crippen LogP contribution < -0.4 is 0 Å². The summed E-state index contributed by atoms with van der Waals surface area (Å²) in [5.74, 6) is 0. The third-order valence-electron chi connectivity index (χ3n) is 3.28. The summed E-state index contributed by atoms with van der Waals surface area (Å²) < 4.78 is 0. The van der Waals surface area contributed by atoms with Crippen molar-refractivity contribution in [2.75, 3.05) is 0 Å². The maximum atomic E-state index is 3.55. The van der Waals surface area contributed by atoms with Gasteiger partial charge < -0.3 is 4.98 Å². The van der Waals surface area contributed by atoms with Gasteiger partial charge in [-0.25, -0.2) is 0 Å². The molecule has 2 rings (SSSR count). The number of fused-ring (bicyclic) bond motifs is 1. The summed E-state index contributed by atoms with van der Waals surface area (Å²) in [5, 5.41) is 1.37. The van der Waals surface area contributed by atoms with E-state index < -0.39 is 0 Å². The van der Waals surface area contributed by atoms with Gasteiger partial charge in [0.15, 0.2) is 0 Å². The number of hydrogen-bond acceptors (Lipinski definition) is 0. The highest BCUT2D eigenvalue weighted by Crippen LogP contribution is 2.33. The van der Waals surface area contributed by atoms with Crippen molar-refractivity contribution in [2.24, 2.45) is 0 Å². The molecule has 0 saturated carbocycles. The summed E-state index contributed by atoms with van der Waals surface area (Å²) in [6, 6.07) is 8.87. The Kier molecular flexibility index (Phi) is 2.61. The molecule has 0 saturated heterocycles. The van der Waals surface area contributed by atoms with Gasteiger partial charge in [-0.1, -0.05) is 53.7 Å². The van der Waals surface area contributed by atoms with Gasteiger partial charge in [0.2, 0.25) is 0 Å². The minimum absolute atomic E-state index is 0. The lowest BCUT2D eigenvalue weighted by atomic mass is 9.84. The zero-order valence-corrected chi connectivity index (χ0v) is 11.8. The molecule has 1 aromatic heterocycles. The fourth-order valence-electron chi connectivity index (χ4n) is 2.21. The van der Waals surface area contributed by atoms with Crippen LogP contribution in [0.15, 0.2) is 24.3 Å². The van der Waals surface area contributed by atoms with Crippen molar-refractivity contribution in [1.82, 2.24) is 4.98 Å². The maximum absolute atomic E-state index is 3.55. The average Bonchev–Trinajstić information content (AvgIpc) is 2.57. The summed E-state index contributed by atoms with van der Waals surface area (Å²) in [6.45, 7) is 13.5. The Hall–Kier alpha value is -1.24.